The molecule has 1 heterocycles. The van der Waals surface area contributed by atoms with Crippen LogP contribution in [0.1, 0.15) is 24.0 Å². The van der Waals surface area contributed by atoms with Crippen LogP contribution in [0.3, 0.4) is 0 Å². The summed E-state index contributed by atoms with van der Waals surface area (Å²) in [5.41, 5.74) is 0.409. The average Bonchev–Trinajstić information content (AvgIpc) is 3.29. The van der Waals surface area contributed by atoms with Gasteiger partial charge in [0.05, 0.1) is 18.8 Å². The smallest absolute Gasteiger partial charge is 0.378 e. The van der Waals surface area contributed by atoms with Crippen molar-refractivity contribution in [2.24, 2.45) is 0 Å². The fourth-order valence-corrected chi connectivity index (χ4v) is 2.55. The average molecular weight is 300 g/mol. The van der Waals surface area contributed by atoms with Crippen LogP contribution >= 0.6 is 0 Å². The third-order valence-corrected chi connectivity index (χ3v) is 3.89. The predicted octanol–water partition coefficient (Wildman–Crippen LogP) is 2.79. The monoisotopic (exact) mass is 300 g/mol. The summed E-state index contributed by atoms with van der Waals surface area (Å²) in [5.74, 6) is 0. The van der Waals surface area contributed by atoms with E-state index in [1.54, 1.807) is 17.0 Å². The number of hydrogen-bond acceptors (Lipinski definition) is 3. The van der Waals surface area contributed by atoms with Crippen LogP contribution < -0.4 is 10.2 Å². The lowest BCUT2D eigenvalue weighted by molar-refractivity contribution is -0.137. The molecular formula is C15H19F3N2O. The van der Waals surface area contributed by atoms with E-state index >= 15 is 0 Å². The number of anilines is 1. The number of nitrogens with zero attached hydrogens (tertiary/aromatic N) is 1. The Morgan fingerprint density at radius 2 is 1.90 bits per heavy atom. The second kappa shape index (κ2) is 5.85. The summed E-state index contributed by atoms with van der Waals surface area (Å²) >= 11 is 0. The number of rotatable bonds is 4. The molecule has 1 aliphatic carbocycles. The first-order valence-electron chi connectivity index (χ1n) is 7.30. The molecule has 0 radical (unpaired) electrons. The molecule has 0 unspecified atom stereocenters. The molecule has 2 aliphatic rings. The van der Waals surface area contributed by atoms with E-state index in [1.807, 2.05) is 0 Å². The van der Waals surface area contributed by atoms with Gasteiger partial charge in [-0.3, -0.25) is 0 Å². The number of hydrogen-bond donors (Lipinski definition) is 1. The molecule has 0 aromatic heterocycles. The van der Waals surface area contributed by atoms with Gasteiger partial charge >= 0.3 is 6.18 Å². The molecule has 0 bridgehead atoms. The van der Waals surface area contributed by atoms with Crippen molar-refractivity contribution in [3.63, 3.8) is 0 Å². The fourth-order valence-electron chi connectivity index (χ4n) is 2.55. The van der Waals surface area contributed by atoms with Crippen LogP contribution in [0.25, 0.3) is 0 Å². The molecule has 21 heavy (non-hydrogen) atoms. The maximum atomic E-state index is 13.3. The van der Waals surface area contributed by atoms with Crippen molar-refractivity contribution < 1.29 is 17.9 Å². The van der Waals surface area contributed by atoms with Crippen LogP contribution in [0.2, 0.25) is 0 Å². The highest BCUT2D eigenvalue weighted by molar-refractivity contribution is 5.56. The zero-order valence-corrected chi connectivity index (χ0v) is 11.7. The standard InChI is InChI=1S/C15H19F3N2O/c16-15(17,18)13-9-11(10-19-12-2-3-12)1-4-14(13)20-5-7-21-8-6-20/h1,4,9,12,19H,2-3,5-8,10H2. The molecule has 1 aromatic carbocycles. The number of halogens is 3. The van der Waals surface area contributed by atoms with Gasteiger partial charge in [-0.05, 0) is 30.5 Å². The Bertz CT molecular complexity index is 494. The van der Waals surface area contributed by atoms with Gasteiger partial charge in [-0.15, -0.1) is 0 Å². The predicted molar refractivity (Wildman–Crippen MR) is 74.3 cm³/mol. The van der Waals surface area contributed by atoms with Crippen molar-refractivity contribution in [2.75, 3.05) is 31.2 Å². The van der Waals surface area contributed by atoms with Gasteiger partial charge in [-0.1, -0.05) is 6.07 Å². The summed E-state index contributed by atoms with van der Waals surface area (Å²) in [6.45, 7) is 2.45. The Hall–Kier alpha value is -1.27. The molecule has 1 saturated carbocycles. The van der Waals surface area contributed by atoms with Crippen LogP contribution in [-0.4, -0.2) is 32.3 Å². The van der Waals surface area contributed by atoms with Gasteiger partial charge in [-0.25, -0.2) is 0 Å². The van der Waals surface area contributed by atoms with Crippen molar-refractivity contribution >= 4 is 5.69 Å². The molecule has 3 nitrogen and oxygen atoms in total. The number of alkyl halides is 3. The topological polar surface area (TPSA) is 24.5 Å². The van der Waals surface area contributed by atoms with E-state index in [4.69, 9.17) is 4.74 Å². The molecule has 1 N–H and O–H groups in total. The molecule has 1 aromatic rings. The zero-order valence-electron chi connectivity index (χ0n) is 11.7. The minimum Gasteiger partial charge on any atom is -0.378 e. The van der Waals surface area contributed by atoms with E-state index in [0.29, 0.717) is 44.5 Å². The van der Waals surface area contributed by atoms with Crippen molar-refractivity contribution in [1.29, 1.82) is 0 Å². The van der Waals surface area contributed by atoms with E-state index in [2.05, 4.69) is 5.32 Å². The minimum atomic E-state index is -4.33. The maximum Gasteiger partial charge on any atom is 0.418 e. The number of benzene rings is 1. The third-order valence-electron chi connectivity index (χ3n) is 3.89. The molecule has 116 valence electrons. The molecule has 2 fully saturated rings. The lowest BCUT2D eigenvalue weighted by Crippen LogP contribution is -2.37. The van der Waals surface area contributed by atoms with Crippen LogP contribution in [0, 0.1) is 0 Å². The Balaban J connectivity index is 1.83. The van der Waals surface area contributed by atoms with Gasteiger partial charge in [0.25, 0.3) is 0 Å². The normalized spacial score (nSPS) is 19.9. The van der Waals surface area contributed by atoms with Gasteiger partial charge in [-0.2, -0.15) is 13.2 Å². The number of nitrogens with one attached hydrogen (secondary N) is 1. The van der Waals surface area contributed by atoms with Crippen LogP contribution in [0.5, 0.6) is 0 Å². The minimum absolute atomic E-state index is 0.265. The highest BCUT2D eigenvalue weighted by Gasteiger charge is 2.35. The van der Waals surface area contributed by atoms with Gasteiger partial charge in [0.15, 0.2) is 0 Å². The Morgan fingerprint density at radius 1 is 1.19 bits per heavy atom. The van der Waals surface area contributed by atoms with Crippen molar-refractivity contribution in [3.05, 3.63) is 29.3 Å². The summed E-state index contributed by atoms with van der Waals surface area (Å²) in [5, 5.41) is 3.25. The summed E-state index contributed by atoms with van der Waals surface area (Å²) in [6.07, 6.45) is -2.08. The summed E-state index contributed by atoms with van der Waals surface area (Å²) < 4.78 is 45.2. The largest absolute Gasteiger partial charge is 0.418 e. The molecular weight excluding hydrogens is 281 g/mol. The Morgan fingerprint density at radius 3 is 2.52 bits per heavy atom. The lowest BCUT2D eigenvalue weighted by Gasteiger charge is -2.31. The van der Waals surface area contributed by atoms with Crippen molar-refractivity contribution in [1.82, 2.24) is 5.32 Å². The van der Waals surface area contributed by atoms with Gasteiger partial charge in [0, 0.05) is 31.4 Å². The first kappa shape index (κ1) is 14.7. The molecule has 1 aliphatic heterocycles. The van der Waals surface area contributed by atoms with Gasteiger partial charge < -0.3 is 15.0 Å². The first-order chi connectivity index (χ1) is 10.0. The molecule has 0 atom stereocenters. The van der Waals surface area contributed by atoms with Crippen LogP contribution in [0.4, 0.5) is 18.9 Å². The summed E-state index contributed by atoms with van der Waals surface area (Å²) in [4.78, 5) is 1.75. The van der Waals surface area contributed by atoms with Crippen LogP contribution in [-0.2, 0) is 17.5 Å². The van der Waals surface area contributed by atoms with Crippen LogP contribution in [0.15, 0.2) is 18.2 Å². The highest BCUT2D eigenvalue weighted by Crippen LogP contribution is 2.37. The summed E-state index contributed by atoms with van der Waals surface area (Å²) in [6, 6.07) is 5.14. The van der Waals surface area contributed by atoms with E-state index < -0.39 is 11.7 Å². The summed E-state index contributed by atoms with van der Waals surface area (Å²) in [7, 11) is 0. The van der Waals surface area contributed by atoms with Gasteiger partial charge in [0.1, 0.15) is 0 Å². The number of morpholine rings is 1. The Labute approximate surface area is 122 Å². The van der Waals surface area contributed by atoms with E-state index in [-0.39, 0.29) is 5.69 Å². The Kier molecular flexibility index (Phi) is 4.08. The first-order valence-corrected chi connectivity index (χ1v) is 7.30. The fraction of sp³-hybridized carbons (Fsp3) is 0.600. The van der Waals surface area contributed by atoms with Crippen molar-refractivity contribution in [3.8, 4) is 0 Å². The molecule has 0 spiro atoms. The molecule has 3 rings (SSSR count). The molecule has 6 heteroatoms. The molecule has 1 saturated heterocycles. The van der Waals surface area contributed by atoms with E-state index in [1.165, 1.54) is 6.07 Å². The third kappa shape index (κ3) is 3.68. The number of ether oxygens (including phenoxy) is 1. The second-order valence-electron chi connectivity index (χ2n) is 5.60. The highest BCUT2D eigenvalue weighted by atomic mass is 19.4. The lowest BCUT2D eigenvalue weighted by atomic mass is 10.1. The van der Waals surface area contributed by atoms with E-state index in [0.717, 1.165) is 12.8 Å². The maximum absolute atomic E-state index is 13.3. The second-order valence-corrected chi connectivity index (χ2v) is 5.60. The SMILES string of the molecule is FC(F)(F)c1cc(CNC2CC2)ccc1N1CCOCC1. The van der Waals surface area contributed by atoms with Gasteiger partial charge in [0.2, 0.25) is 0 Å². The quantitative estimate of drug-likeness (QED) is 0.925. The van der Waals surface area contributed by atoms with E-state index in [9.17, 15) is 13.2 Å². The molecule has 0 amide bonds. The van der Waals surface area contributed by atoms with Crippen molar-refractivity contribution in [2.45, 2.75) is 31.6 Å². The zero-order chi connectivity index (χ0) is 14.9.